The Kier molecular flexibility index (Phi) is 8.70. The summed E-state index contributed by atoms with van der Waals surface area (Å²) in [6.07, 6.45) is 2.14. The molecular formula is C23H29BrN2O3. The highest BCUT2D eigenvalue weighted by atomic mass is 79.9. The van der Waals surface area contributed by atoms with E-state index in [1.54, 1.807) is 19.0 Å². The number of rotatable bonds is 9. The van der Waals surface area contributed by atoms with Gasteiger partial charge in [0.05, 0.1) is 4.47 Å². The van der Waals surface area contributed by atoms with Gasteiger partial charge in [0.25, 0.3) is 5.91 Å². The van der Waals surface area contributed by atoms with E-state index in [4.69, 9.17) is 4.74 Å². The number of nitrogens with one attached hydrogen (secondary N) is 1. The third-order valence-electron chi connectivity index (χ3n) is 4.83. The molecule has 29 heavy (non-hydrogen) atoms. The molecule has 2 aromatic rings. The summed E-state index contributed by atoms with van der Waals surface area (Å²) in [6, 6.07) is 13.5. The predicted molar refractivity (Wildman–Crippen MR) is 120 cm³/mol. The van der Waals surface area contributed by atoms with Crippen molar-refractivity contribution in [3.05, 3.63) is 58.1 Å². The van der Waals surface area contributed by atoms with Crippen molar-refractivity contribution in [1.82, 2.24) is 4.90 Å². The zero-order valence-electron chi connectivity index (χ0n) is 17.5. The minimum atomic E-state index is -0.232. The maximum Gasteiger partial charge on any atom is 0.262 e. The average Bonchev–Trinajstić information content (AvgIpc) is 2.70. The summed E-state index contributed by atoms with van der Waals surface area (Å²) in [5, 5.41) is 2.85. The van der Waals surface area contributed by atoms with E-state index in [1.807, 2.05) is 42.5 Å². The molecule has 0 aliphatic rings. The van der Waals surface area contributed by atoms with Crippen molar-refractivity contribution in [3.8, 4) is 5.75 Å². The molecule has 0 saturated heterocycles. The molecule has 156 valence electrons. The lowest BCUT2D eigenvalue weighted by molar-refractivity contribution is -0.128. The molecule has 1 unspecified atom stereocenters. The van der Waals surface area contributed by atoms with Crippen molar-refractivity contribution in [2.75, 3.05) is 26.0 Å². The first-order chi connectivity index (χ1) is 13.8. The molecule has 0 spiro atoms. The van der Waals surface area contributed by atoms with Crippen LogP contribution >= 0.6 is 15.9 Å². The van der Waals surface area contributed by atoms with E-state index in [-0.39, 0.29) is 18.4 Å². The van der Waals surface area contributed by atoms with Crippen LogP contribution in [0.5, 0.6) is 5.75 Å². The third-order valence-corrected chi connectivity index (χ3v) is 5.45. The summed E-state index contributed by atoms with van der Waals surface area (Å²) < 4.78 is 6.51. The van der Waals surface area contributed by atoms with E-state index in [2.05, 4.69) is 35.1 Å². The van der Waals surface area contributed by atoms with Crippen molar-refractivity contribution >= 4 is 33.4 Å². The molecule has 0 radical (unpaired) electrons. The monoisotopic (exact) mass is 460 g/mol. The Morgan fingerprint density at radius 1 is 1.17 bits per heavy atom. The number of carbonyl (C=O) groups is 2. The Balaban J connectivity index is 1.89. The fraction of sp³-hybridized carbons (Fsp3) is 0.391. The fourth-order valence-electron chi connectivity index (χ4n) is 2.80. The second-order valence-electron chi connectivity index (χ2n) is 7.32. The van der Waals surface area contributed by atoms with Crippen LogP contribution in [0.4, 0.5) is 5.69 Å². The molecule has 0 bridgehead atoms. The molecule has 6 heteroatoms. The molecule has 0 aliphatic carbocycles. The van der Waals surface area contributed by atoms with Crippen LogP contribution in [0, 0.1) is 0 Å². The topological polar surface area (TPSA) is 58.6 Å². The Labute approximate surface area is 181 Å². The number of hydrogen-bond donors (Lipinski definition) is 1. The summed E-state index contributed by atoms with van der Waals surface area (Å²) in [7, 11) is 3.49. The van der Waals surface area contributed by atoms with Gasteiger partial charge >= 0.3 is 0 Å². The summed E-state index contributed by atoms with van der Waals surface area (Å²) in [5.74, 6) is 0.967. The minimum absolute atomic E-state index is 0.0787. The molecule has 5 nitrogen and oxygen atoms in total. The number of hydrogen-bond acceptors (Lipinski definition) is 3. The number of anilines is 1. The van der Waals surface area contributed by atoms with Gasteiger partial charge in [-0.15, -0.1) is 0 Å². The van der Waals surface area contributed by atoms with Crippen molar-refractivity contribution in [1.29, 1.82) is 0 Å². The van der Waals surface area contributed by atoms with Crippen molar-refractivity contribution in [2.45, 2.75) is 39.0 Å². The summed E-state index contributed by atoms with van der Waals surface area (Å²) in [4.78, 5) is 25.6. The van der Waals surface area contributed by atoms with E-state index < -0.39 is 0 Å². The molecule has 1 atom stereocenters. The maximum absolute atomic E-state index is 12.3. The first-order valence-electron chi connectivity index (χ1n) is 9.81. The van der Waals surface area contributed by atoms with Crippen LogP contribution in [0.2, 0.25) is 0 Å². The van der Waals surface area contributed by atoms with Gasteiger partial charge in [0.2, 0.25) is 5.91 Å². The SMILES string of the molecule is CCC(C)c1ccc(OCC(=O)Nc2cccc(CCC(=O)N(C)C)c2)c(Br)c1. The molecule has 0 fully saturated rings. The first-order valence-corrected chi connectivity index (χ1v) is 10.6. The van der Waals surface area contributed by atoms with Gasteiger partial charge < -0.3 is 15.0 Å². The lowest BCUT2D eigenvalue weighted by atomic mass is 9.99. The van der Waals surface area contributed by atoms with Crippen LogP contribution < -0.4 is 10.1 Å². The second kappa shape index (κ2) is 11.0. The Bertz CT molecular complexity index is 852. The zero-order valence-corrected chi connectivity index (χ0v) is 19.1. The number of halogens is 1. The van der Waals surface area contributed by atoms with Crippen molar-refractivity contribution in [2.24, 2.45) is 0 Å². The number of carbonyl (C=O) groups excluding carboxylic acids is 2. The zero-order chi connectivity index (χ0) is 21.4. The highest BCUT2D eigenvalue weighted by molar-refractivity contribution is 9.10. The smallest absolute Gasteiger partial charge is 0.262 e. The van der Waals surface area contributed by atoms with Gasteiger partial charge in [0.1, 0.15) is 5.75 Å². The van der Waals surface area contributed by atoms with E-state index in [0.717, 1.165) is 16.5 Å². The highest BCUT2D eigenvalue weighted by Crippen LogP contribution is 2.30. The second-order valence-corrected chi connectivity index (χ2v) is 8.18. The number of amides is 2. The first kappa shape index (κ1) is 22.9. The molecule has 0 aromatic heterocycles. The van der Waals surface area contributed by atoms with Crippen molar-refractivity contribution < 1.29 is 14.3 Å². The maximum atomic E-state index is 12.3. The van der Waals surface area contributed by atoms with E-state index in [0.29, 0.717) is 30.2 Å². The van der Waals surface area contributed by atoms with Gasteiger partial charge in [-0.05, 0) is 70.1 Å². The molecule has 2 amide bonds. The molecule has 2 aromatic carbocycles. The minimum Gasteiger partial charge on any atom is -0.483 e. The summed E-state index contributed by atoms with van der Waals surface area (Å²) in [6.45, 7) is 4.26. The molecule has 1 N–H and O–H groups in total. The van der Waals surface area contributed by atoms with Crippen LogP contribution in [-0.2, 0) is 16.0 Å². The quantitative estimate of drug-likeness (QED) is 0.572. The van der Waals surface area contributed by atoms with E-state index in [9.17, 15) is 9.59 Å². The number of benzene rings is 2. The average molecular weight is 461 g/mol. The lowest BCUT2D eigenvalue weighted by Gasteiger charge is -2.13. The van der Waals surface area contributed by atoms with E-state index in [1.165, 1.54) is 5.56 Å². The Morgan fingerprint density at radius 3 is 2.59 bits per heavy atom. The lowest BCUT2D eigenvalue weighted by Crippen LogP contribution is -2.22. The van der Waals surface area contributed by atoms with Crippen LogP contribution in [0.15, 0.2) is 46.9 Å². The third kappa shape index (κ3) is 7.20. The van der Waals surface area contributed by atoms with Crippen LogP contribution in [-0.4, -0.2) is 37.4 Å². The van der Waals surface area contributed by atoms with Crippen LogP contribution in [0.25, 0.3) is 0 Å². The summed E-state index contributed by atoms with van der Waals surface area (Å²) >= 11 is 3.52. The molecule has 0 aliphatic heterocycles. The molecule has 0 heterocycles. The Morgan fingerprint density at radius 2 is 1.93 bits per heavy atom. The standard InChI is InChI=1S/C23H29BrN2O3/c1-5-16(2)18-10-11-21(20(24)14-18)29-15-22(27)25-19-8-6-7-17(13-19)9-12-23(28)26(3)4/h6-8,10-11,13-14,16H,5,9,12,15H2,1-4H3,(H,25,27). The van der Waals surface area contributed by atoms with Gasteiger partial charge in [0, 0.05) is 26.2 Å². The number of aryl methyl sites for hydroxylation is 1. The molecule has 2 rings (SSSR count). The van der Waals surface area contributed by atoms with Gasteiger partial charge in [0.15, 0.2) is 6.61 Å². The van der Waals surface area contributed by atoms with Crippen LogP contribution in [0.3, 0.4) is 0 Å². The van der Waals surface area contributed by atoms with Gasteiger partial charge in [-0.1, -0.05) is 32.0 Å². The highest BCUT2D eigenvalue weighted by Gasteiger charge is 2.10. The Hall–Kier alpha value is -2.34. The largest absolute Gasteiger partial charge is 0.483 e. The van der Waals surface area contributed by atoms with Gasteiger partial charge in [-0.25, -0.2) is 0 Å². The molecular weight excluding hydrogens is 432 g/mol. The van der Waals surface area contributed by atoms with Crippen LogP contribution in [0.1, 0.15) is 43.7 Å². The fourth-order valence-corrected chi connectivity index (χ4v) is 3.31. The normalized spacial score (nSPS) is 11.6. The molecule has 0 saturated carbocycles. The van der Waals surface area contributed by atoms with Gasteiger partial charge in [-0.2, -0.15) is 0 Å². The van der Waals surface area contributed by atoms with Gasteiger partial charge in [-0.3, -0.25) is 9.59 Å². The number of ether oxygens (including phenoxy) is 1. The number of nitrogens with zero attached hydrogens (tertiary/aromatic N) is 1. The van der Waals surface area contributed by atoms with E-state index >= 15 is 0 Å². The van der Waals surface area contributed by atoms with Crippen molar-refractivity contribution in [3.63, 3.8) is 0 Å². The summed E-state index contributed by atoms with van der Waals surface area (Å²) in [5.41, 5.74) is 2.93. The predicted octanol–water partition coefficient (Wildman–Crippen LogP) is 5.00.